The molecule has 1 aromatic carbocycles. The van der Waals surface area contributed by atoms with Gasteiger partial charge in [-0.25, -0.2) is 4.98 Å². The third-order valence-corrected chi connectivity index (χ3v) is 5.18. The maximum atomic E-state index is 6.19. The van der Waals surface area contributed by atoms with Crippen LogP contribution in [0.3, 0.4) is 0 Å². The van der Waals surface area contributed by atoms with E-state index in [9.17, 15) is 0 Å². The minimum Gasteiger partial charge on any atom is -0.372 e. The van der Waals surface area contributed by atoms with Crippen LogP contribution in [0.2, 0.25) is 0 Å². The summed E-state index contributed by atoms with van der Waals surface area (Å²) in [5.41, 5.74) is 9.59. The Hall–Kier alpha value is -2.18. The Morgan fingerprint density at radius 2 is 2.00 bits per heavy atom. The molecular formula is C20H27N5O. The molecule has 0 radical (unpaired) electrons. The summed E-state index contributed by atoms with van der Waals surface area (Å²) in [5, 5.41) is 3.44. The van der Waals surface area contributed by atoms with Crippen LogP contribution in [-0.2, 0) is 24.2 Å². The van der Waals surface area contributed by atoms with E-state index >= 15 is 0 Å². The van der Waals surface area contributed by atoms with Crippen molar-refractivity contribution in [3.63, 3.8) is 0 Å². The molecule has 0 saturated carbocycles. The number of anilines is 2. The van der Waals surface area contributed by atoms with Crippen LogP contribution in [0.25, 0.3) is 0 Å². The molecule has 6 heteroatoms. The summed E-state index contributed by atoms with van der Waals surface area (Å²) in [6.45, 7) is 4.44. The molecule has 2 aromatic rings. The topological polar surface area (TPSA) is 76.3 Å². The lowest BCUT2D eigenvalue weighted by atomic mass is 10.0. The first-order chi connectivity index (χ1) is 12.8. The number of rotatable bonds is 4. The molecule has 0 aliphatic carbocycles. The summed E-state index contributed by atoms with van der Waals surface area (Å²) in [6.07, 6.45) is 4.29. The Bertz CT molecular complexity index is 736. The largest absolute Gasteiger partial charge is 0.372 e. The van der Waals surface area contributed by atoms with Gasteiger partial charge in [0.2, 0.25) is 5.95 Å². The lowest BCUT2D eigenvalue weighted by Gasteiger charge is -2.35. The quantitative estimate of drug-likeness (QED) is 0.875. The molecule has 0 bridgehead atoms. The summed E-state index contributed by atoms with van der Waals surface area (Å²) in [7, 11) is 0. The number of nitrogens with zero attached hydrogens (tertiary/aromatic N) is 3. The minimum absolute atomic E-state index is 0.222. The number of aromatic nitrogens is 2. The fourth-order valence-corrected chi connectivity index (χ4v) is 3.86. The molecule has 0 spiro atoms. The van der Waals surface area contributed by atoms with Crippen LogP contribution >= 0.6 is 0 Å². The Balaban J connectivity index is 1.48. The highest BCUT2D eigenvalue weighted by atomic mass is 16.5. The second-order valence-corrected chi connectivity index (χ2v) is 7.09. The maximum Gasteiger partial charge on any atom is 0.222 e. The third kappa shape index (κ3) is 3.97. The van der Waals surface area contributed by atoms with E-state index in [0.717, 1.165) is 63.4 Å². The predicted molar refractivity (Wildman–Crippen MR) is 103 cm³/mol. The van der Waals surface area contributed by atoms with Crippen molar-refractivity contribution in [2.75, 3.05) is 36.8 Å². The number of benzene rings is 1. The zero-order valence-corrected chi connectivity index (χ0v) is 15.2. The number of piperidine rings is 1. The number of nitrogen functional groups attached to an aromatic ring is 1. The van der Waals surface area contributed by atoms with E-state index in [2.05, 4.69) is 44.5 Å². The van der Waals surface area contributed by atoms with Crippen molar-refractivity contribution in [2.24, 2.45) is 0 Å². The van der Waals surface area contributed by atoms with Crippen molar-refractivity contribution in [1.29, 1.82) is 0 Å². The smallest absolute Gasteiger partial charge is 0.222 e. The van der Waals surface area contributed by atoms with Crippen molar-refractivity contribution in [3.05, 3.63) is 47.2 Å². The highest BCUT2D eigenvalue weighted by Gasteiger charge is 2.26. The number of nitrogens with two attached hydrogens (primary N) is 1. The summed E-state index contributed by atoms with van der Waals surface area (Å²) in [4.78, 5) is 11.5. The van der Waals surface area contributed by atoms with E-state index in [1.54, 1.807) is 0 Å². The van der Waals surface area contributed by atoms with Crippen molar-refractivity contribution in [2.45, 2.75) is 38.4 Å². The van der Waals surface area contributed by atoms with Gasteiger partial charge in [0.25, 0.3) is 0 Å². The Morgan fingerprint density at radius 3 is 2.88 bits per heavy atom. The van der Waals surface area contributed by atoms with Crippen LogP contribution < -0.4 is 16.0 Å². The Morgan fingerprint density at radius 1 is 1.15 bits per heavy atom. The number of nitrogens with one attached hydrogen (secondary N) is 1. The molecule has 0 unspecified atom stereocenters. The molecule has 3 heterocycles. The molecule has 2 aliphatic rings. The summed E-state index contributed by atoms with van der Waals surface area (Å²) >= 11 is 0. The Labute approximate surface area is 154 Å². The van der Waals surface area contributed by atoms with Crippen LogP contribution in [0.15, 0.2) is 30.3 Å². The van der Waals surface area contributed by atoms with Gasteiger partial charge in [-0.05, 0) is 31.4 Å². The average molecular weight is 353 g/mol. The van der Waals surface area contributed by atoms with Crippen molar-refractivity contribution in [3.8, 4) is 0 Å². The summed E-state index contributed by atoms with van der Waals surface area (Å²) < 4.78 is 6.19. The number of hydrogen-bond acceptors (Lipinski definition) is 6. The van der Waals surface area contributed by atoms with Gasteiger partial charge in [0, 0.05) is 31.6 Å². The third-order valence-electron chi connectivity index (χ3n) is 5.18. The SMILES string of the molecule is Nc1nc2c(c(N3CCC[C@H](OCc4ccccc4)C3)n1)CCNCC2. The molecule has 1 atom stereocenters. The molecule has 0 amide bonds. The van der Waals surface area contributed by atoms with Gasteiger partial charge in [-0.3, -0.25) is 0 Å². The van der Waals surface area contributed by atoms with Crippen molar-refractivity contribution in [1.82, 2.24) is 15.3 Å². The van der Waals surface area contributed by atoms with Crippen LogP contribution in [0.5, 0.6) is 0 Å². The van der Waals surface area contributed by atoms with Crippen molar-refractivity contribution < 1.29 is 4.74 Å². The Kier molecular flexibility index (Phi) is 5.32. The fourth-order valence-electron chi connectivity index (χ4n) is 3.86. The van der Waals surface area contributed by atoms with Gasteiger partial charge in [0.05, 0.1) is 18.4 Å². The van der Waals surface area contributed by atoms with E-state index in [-0.39, 0.29) is 6.10 Å². The monoisotopic (exact) mass is 353 g/mol. The lowest BCUT2D eigenvalue weighted by Crippen LogP contribution is -2.41. The fraction of sp³-hybridized carbons (Fsp3) is 0.500. The van der Waals surface area contributed by atoms with Gasteiger partial charge >= 0.3 is 0 Å². The van der Waals surface area contributed by atoms with Crippen molar-refractivity contribution >= 4 is 11.8 Å². The molecule has 26 heavy (non-hydrogen) atoms. The van der Waals surface area contributed by atoms with Crippen LogP contribution in [0.1, 0.15) is 29.7 Å². The zero-order valence-electron chi connectivity index (χ0n) is 15.2. The predicted octanol–water partition coefficient (Wildman–Crippen LogP) is 1.93. The van der Waals surface area contributed by atoms with Gasteiger partial charge in [0.1, 0.15) is 5.82 Å². The normalized spacial score (nSPS) is 20.5. The highest BCUT2D eigenvalue weighted by molar-refractivity contribution is 5.53. The van der Waals surface area contributed by atoms with E-state index in [4.69, 9.17) is 10.5 Å². The first-order valence-corrected chi connectivity index (χ1v) is 9.56. The highest BCUT2D eigenvalue weighted by Crippen LogP contribution is 2.27. The van der Waals surface area contributed by atoms with E-state index in [1.165, 1.54) is 11.1 Å². The average Bonchev–Trinajstić information content (AvgIpc) is 2.92. The standard InChI is InChI=1S/C20H27N5O/c21-20-23-18-9-11-22-10-8-17(18)19(24-20)25-12-4-7-16(13-25)26-14-15-5-2-1-3-6-15/h1-3,5-6,16,22H,4,7-14H2,(H2,21,23,24)/t16-/m0/s1. The lowest BCUT2D eigenvalue weighted by molar-refractivity contribution is 0.0314. The molecule has 1 fully saturated rings. The van der Waals surface area contributed by atoms with Gasteiger partial charge in [-0.1, -0.05) is 30.3 Å². The van der Waals surface area contributed by atoms with Crippen LogP contribution in [0, 0.1) is 0 Å². The summed E-state index contributed by atoms with van der Waals surface area (Å²) in [6, 6.07) is 10.4. The molecule has 2 aliphatic heterocycles. The minimum atomic E-state index is 0.222. The first-order valence-electron chi connectivity index (χ1n) is 9.56. The van der Waals surface area contributed by atoms with Crippen LogP contribution in [0.4, 0.5) is 11.8 Å². The first kappa shape index (κ1) is 17.2. The molecule has 1 saturated heterocycles. The second-order valence-electron chi connectivity index (χ2n) is 7.09. The molecule has 1 aromatic heterocycles. The number of hydrogen-bond donors (Lipinski definition) is 2. The molecule has 4 rings (SSSR count). The maximum absolute atomic E-state index is 6.19. The second kappa shape index (κ2) is 8.01. The van der Waals surface area contributed by atoms with Gasteiger partial charge in [-0.2, -0.15) is 4.98 Å². The van der Waals surface area contributed by atoms with Gasteiger partial charge in [0.15, 0.2) is 0 Å². The number of fused-ring (bicyclic) bond motifs is 1. The van der Waals surface area contributed by atoms with Gasteiger partial charge in [-0.15, -0.1) is 0 Å². The van der Waals surface area contributed by atoms with Gasteiger partial charge < -0.3 is 20.7 Å². The molecule has 3 N–H and O–H groups in total. The molecule has 138 valence electrons. The number of ether oxygens (including phenoxy) is 1. The van der Waals surface area contributed by atoms with Crippen LogP contribution in [-0.4, -0.2) is 42.3 Å². The van der Waals surface area contributed by atoms with E-state index in [0.29, 0.717) is 12.6 Å². The van der Waals surface area contributed by atoms with E-state index < -0.39 is 0 Å². The summed E-state index contributed by atoms with van der Waals surface area (Å²) in [5.74, 6) is 1.40. The molecular weight excluding hydrogens is 326 g/mol. The van der Waals surface area contributed by atoms with E-state index in [1.807, 2.05) is 6.07 Å². The molecule has 6 nitrogen and oxygen atoms in total. The zero-order chi connectivity index (χ0) is 17.8.